The number of hydrogen-bond acceptors (Lipinski definition) is 5. The molecular weight excluding hydrogens is 370 g/mol. The number of aliphatic imine (C=N–C) groups is 1. The molecule has 1 atom stereocenters. The second-order valence-electron chi connectivity index (χ2n) is 6.61. The number of anilines is 1. The van der Waals surface area contributed by atoms with Crippen molar-refractivity contribution in [2.75, 3.05) is 32.1 Å². The summed E-state index contributed by atoms with van der Waals surface area (Å²) in [6.45, 7) is 4.53. The van der Waals surface area contributed by atoms with Gasteiger partial charge in [0.25, 0.3) is 0 Å². The van der Waals surface area contributed by atoms with E-state index in [1.165, 1.54) is 11.3 Å². The third-order valence-corrected chi connectivity index (χ3v) is 5.59. The standard InChI is InChI=1S/C22H29N3O2S/c1-3-18(24-22-25-19-9-5-4-8-17(19)16-28-22)12-13-23-14-15-27-21-11-7-6-10-20(21)26-2/h4-11,18,23H,3,12-16H2,1-2H3,(H,24,25). The molecule has 0 radical (unpaired) electrons. The zero-order valence-electron chi connectivity index (χ0n) is 16.6. The monoisotopic (exact) mass is 399 g/mol. The molecule has 6 heteroatoms. The van der Waals surface area contributed by atoms with Crippen LogP contribution < -0.4 is 20.1 Å². The molecule has 0 amide bonds. The fourth-order valence-electron chi connectivity index (χ4n) is 3.03. The third-order valence-electron chi connectivity index (χ3n) is 4.65. The molecule has 2 aromatic carbocycles. The Kier molecular flexibility index (Phi) is 8.06. The summed E-state index contributed by atoms with van der Waals surface area (Å²) in [5, 5.41) is 7.94. The SMILES string of the molecule is CCC(CCNCCOc1ccccc1OC)N=C1Nc2ccccc2CS1. The largest absolute Gasteiger partial charge is 0.493 e. The smallest absolute Gasteiger partial charge is 0.161 e. The topological polar surface area (TPSA) is 54.9 Å². The lowest BCUT2D eigenvalue weighted by Crippen LogP contribution is -2.25. The van der Waals surface area contributed by atoms with Crippen LogP contribution >= 0.6 is 11.8 Å². The van der Waals surface area contributed by atoms with Gasteiger partial charge in [-0.05, 0) is 43.1 Å². The Morgan fingerprint density at radius 1 is 1.11 bits per heavy atom. The van der Waals surface area contributed by atoms with Gasteiger partial charge in [0.15, 0.2) is 16.7 Å². The number of hydrogen-bond donors (Lipinski definition) is 2. The molecule has 0 aliphatic carbocycles. The first-order chi connectivity index (χ1) is 13.8. The summed E-state index contributed by atoms with van der Waals surface area (Å²) >= 11 is 1.78. The zero-order valence-corrected chi connectivity index (χ0v) is 17.4. The number of methoxy groups -OCH3 is 1. The van der Waals surface area contributed by atoms with Crippen molar-refractivity contribution in [2.45, 2.75) is 31.6 Å². The van der Waals surface area contributed by atoms with Crippen molar-refractivity contribution < 1.29 is 9.47 Å². The number of amidine groups is 1. The van der Waals surface area contributed by atoms with Crippen LogP contribution in [-0.4, -0.2) is 38.0 Å². The molecule has 2 N–H and O–H groups in total. The lowest BCUT2D eigenvalue weighted by molar-refractivity contribution is 0.291. The highest BCUT2D eigenvalue weighted by atomic mass is 32.2. The van der Waals surface area contributed by atoms with Gasteiger partial charge in [0.1, 0.15) is 6.61 Å². The Hall–Kier alpha value is -2.18. The van der Waals surface area contributed by atoms with Gasteiger partial charge in [0.05, 0.1) is 13.2 Å². The Labute approximate surface area is 171 Å². The summed E-state index contributed by atoms with van der Waals surface area (Å²) in [6.07, 6.45) is 2.05. The Bertz CT molecular complexity index is 782. The minimum atomic E-state index is 0.322. The molecule has 5 nitrogen and oxygen atoms in total. The highest BCUT2D eigenvalue weighted by Gasteiger charge is 2.15. The summed E-state index contributed by atoms with van der Waals surface area (Å²) in [4.78, 5) is 4.92. The first-order valence-electron chi connectivity index (χ1n) is 9.82. The molecule has 150 valence electrons. The predicted octanol–water partition coefficient (Wildman–Crippen LogP) is 4.55. The molecule has 0 fully saturated rings. The molecule has 28 heavy (non-hydrogen) atoms. The van der Waals surface area contributed by atoms with Gasteiger partial charge < -0.3 is 20.1 Å². The van der Waals surface area contributed by atoms with Crippen molar-refractivity contribution in [1.82, 2.24) is 5.32 Å². The molecule has 1 unspecified atom stereocenters. The van der Waals surface area contributed by atoms with Crippen LogP contribution in [0.3, 0.4) is 0 Å². The average Bonchev–Trinajstić information content (AvgIpc) is 2.75. The fourth-order valence-corrected chi connectivity index (χ4v) is 3.98. The predicted molar refractivity (Wildman–Crippen MR) is 119 cm³/mol. The van der Waals surface area contributed by atoms with Crippen LogP contribution in [0.2, 0.25) is 0 Å². The van der Waals surface area contributed by atoms with Crippen LogP contribution in [0.4, 0.5) is 5.69 Å². The second kappa shape index (κ2) is 11.0. The molecule has 0 saturated heterocycles. The number of fused-ring (bicyclic) bond motifs is 1. The van der Waals surface area contributed by atoms with Crippen LogP contribution in [0.15, 0.2) is 53.5 Å². The van der Waals surface area contributed by atoms with E-state index in [4.69, 9.17) is 14.5 Å². The molecule has 1 aliphatic heterocycles. The maximum Gasteiger partial charge on any atom is 0.161 e. The van der Waals surface area contributed by atoms with Gasteiger partial charge in [-0.2, -0.15) is 0 Å². The quantitative estimate of drug-likeness (QED) is 0.574. The van der Waals surface area contributed by atoms with Gasteiger partial charge in [-0.3, -0.25) is 4.99 Å². The van der Waals surface area contributed by atoms with E-state index < -0.39 is 0 Å². The zero-order chi connectivity index (χ0) is 19.6. The van der Waals surface area contributed by atoms with Crippen molar-refractivity contribution in [1.29, 1.82) is 0 Å². The molecule has 1 heterocycles. The Morgan fingerprint density at radius 3 is 2.71 bits per heavy atom. The van der Waals surface area contributed by atoms with Crippen LogP contribution in [0.25, 0.3) is 0 Å². The average molecular weight is 400 g/mol. The van der Waals surface area contributed by atoms with Crippen LogP contribution in [0.5, 0.6) is 11.5 Å². The van der Waals surface area contributed by atoms with Crippen molar-refractivity contribution >= 4 is 22.6 Å². The van der Waals surface area contributed by atoms with Crippen LogP contribution in [-0.2, 0) is 5.75 Å². The molecule has 0 aromatic heterocycles. The van der Waals surface area contributed by atoms with E-state index in [0.717, 1.165) is 48.4 Å². The molecular formula is C22H29N3O2S. The van der Waals surface area contributed by atoms with Gasteiger partial charge in [0, 0.05) is 18.0 Å². The molecule has 0 bridgehead atoms. The highest BCUT2D eigenvalue weighted by Crippen LogP contribution is 2.28. The lowest BCUT2D eigenvalue weighted by Gasteiger charge is -2.21. The first kappa shape index (κ1) is 20.6. The van der Waals surface area contributed by atoms with E-state index in [9.17, 15) is 0 Å². The summed E-state index contributed by atoms with van der Waals surface area (Å²) in [6, 6.07) is 16.5. The minimum Gasteiger partial charge on any atom is -0.493 e. The summed E-state index contributed by atoms with van der Waals surface area (Å²) in [7, 11) is 1.66. The fraction of sp³-hybridized carbons (Fsp3) is 0.409. The number of nitrogens with one attached hydrogen (secondary N) is 2. The number of nitrogens with zero attached hydrogens (tertiary/aromatic N) is 1. The van der Waals surface area contributed by atoms with Crippen LogP contribution in [0.1, 0.15) is 25.3 Å². The number of para-hydroxylation sites is 3. The van der Waals surface area contributed by atoms with Gasteiger partial charge in [0.2, 0.25) is 0 Å². The van der Waals surface area contributed by atoms with Crippen LogP contribution in [0, 0.1) is 0 Å². The number of rotatable bonds is 10. The van der Waals surface area contributed by atoms with Crippen molar-refractivity contribution in [3.8, 4) is 11.5 Å². The Balaban J connectivity index is 1.38. The minimum absolute atomic E-state index is 0.322. The number of ether oxygens (including phenoxy) is 2. The Morgan fingerprint density at radius 2 is 1.89 bits per heavy atom. The van der Waals surface area contributed by atoms with Gasteiger partial charge >= 0.3 is 0 Å². The van der Waals surface area contributed by atoms with E-state index in [2.05, 4.69) is 41.8 Å². The summed E-state index contributed by atoms with van der Waals surface area (Å²) in [5.41, 5.74) is 2.53. The molecule has 0 saturated carbocycles. The molecule has 3 rings (SSSR count). The number of benzene rings is 2. The highest BCUT2D eigenvalue weighted by molar-refractivity contribution is 8.13. The normalized spacial score (nSPS) is 15.6. The van der Waals surface area contributed by atoms with Crippen molar-refractivity contribution in [3.63, 3.8) is 0 Å². The van der Waals surface area contributed by atoms with E-state index in [1.807, 2.05) is 24.3 Å². The molecule has 2 aromatic rings. The second-order valence-corrected chi connectivity index (χ2v) is 7.57. The van der Waals surface area contributed by atoms with E-state index in [-0.39, 0.29) is 0 Å². The van der Waals surface area contributed by atoms with E-state index >= 15 is 0 Å². The lowest BCUT2D eigenvalue weighted by atomic mass is 10.1. The summed E-state index contributed by atoms with van der Waals surface area (Å²) in [5.74, 6) is 2.53. The molecule has 1 aliphatic rings. The maximum absolute atomic E-state index is 5.79. The van der Waals surface area contributed by atoms with Crippen molar-refractivity contribution in [2.24, 2.45) is 4.99 Å². The van der Waals surface area contributed by atoms with Gasteiger partial charge in [-0.15, -0.1) is 0 Å². The first-order valence-corrected chi connectivity index (χ1v) is 10.8. The summed E-state index contributed by atoms with van der Waals surface area (Å²) < 4.78 is 11.1. The van der Waals surface area contributed by atoms with Gasteiger partial charge in [-0.25, -0.2) is 0 Å². The van der Waals surface area contributed by atoms with Crippen molar-refractivity contribution in [3.05, 3.63) is 54.1 Å². The maximum atomic E-state index is 5.79. The van der Waals surface area contributed by atoms with E-state index in [1.54, 1.807) is 18.9 Å². The van der Waals surface area contributed by atoms with Gasteiger partial charge in [-0.1, -0.05) is 49.0 Å². The number of thioether (sulfide) groups is 1. The molecule has 0 spiro atoms. The third kappa shape index (κ3) is 5.91. The van der Waals surface area contributed by atoms with E-state index in [0.29, 0.717) is 12.6 Å².